The van der Waals surface area contributed by atoms with Gasteiger partial charge in [0.1, 0.15) is 5.82 Å². The molecule has 1 amide bonds. The van der Waals surface area contributed by atoms with Gasteiger partial charge < -0.3 is 10.1 Å². The second kappa shape index (κ2) is 9.55. The molecule has 3 heterocycles. The topological polar surface area (TPSA) is 81.9 Å². The Hall–Kier alpha value is -2.49. The van der Waals surface area contributed by atoms with Crippen molar-refractivity contribution in [1.82, 2.24) is 19.7 Å². The van der Waals surface area contributed by atoms with Crippen LogP contribution in [0.15, 0.2) is 47.8 Å². The van der Waals surface area contributed by atoms with Crippen LogP contribution in [0.2, 0.25) is 5.15 Å². The molecule has 4 rings (SSSR count). The molecule has 0 bridgehead atoms. The summed E-state index contributed by atoms with van der Waals surface area (Å²) in [7, 11) is 0. The van der Waals surface area contributed by atoms with Gasteiger partial charge in [0.05, 0.1) is 24.1 Å². The number of ether oxygens (including phenoxy) is 1. The first-order chi connectivity index (χ1) is 14.6. The fraction of sp³-hybridized carbons (Fsp3) is 0.300. The largest absolute Gasteiger partial charge is 0.376 e. The summed E-state index contributed by atoms with van der Waals surface area (Å²) in [5.41, 5.74) is 1.21. The lowest BCUT2D eigenvalue weighted by Crippen LogP contribution is -2.18. The second-order valence-corrected chi connectivity index (χ2v) is 8.04. The Kier molecular flexibility index (Phi) is 6.61. The van der Waals surface area contributed by atoms with Gasteiger partial charge in [-0.2, -0.15) is 0 Å². The first-order valence-electron chi connectivity index (χ1n) is 9.44. The van der Waals surface area contributed by atoms with Crippen molar-refractivity contribution in [3.8, 4) is 11.4 Å². The van der Waals surface area contributed by atoms with Gasteiger partial charge in [-0.25, -0.2) is 9.37 Å². The molecule has 30 heavy (non-hydrogen) atoms. The van der Waals surface area contributed by atoms with Crippen LogP contribution in [0.3, 0.4) is 0 Å². The second-order valence-electron chi connectivity index (χ2n) is 6.74. The maximum Gasteiger partial charge on any atom is 0.234 e. The minimum absolute atomic E-state index is 0.0579. The Balaban J connectivity index is 1.51. The van der Waals surface area contributed by atoms with Crippen molar-refractivity contribution in [1.29, 1.82) is 0 Å². The number of hydrogen-bond acceptors (Lipinski definition) is 6. The molecule has 1 atom stereocenters. The molecule has 1 unspecified atom stereocenters. The van der Waals surface area contributed by atoms with Crippen molar-refractivity contribution >= 4 is 35.0 Å². The van der Waals surface area contributed by atoms with E-state index in [0.29, 0.717) is 23.2 Å². The van der Waals surface area contributed by atoms with Crippen LogP contribution < -0.4 is 5.32 Å². The minimum Gasteiger partial charge on any atom is -0.376 e. The molecule has 0 radical (unpaired) electrons. The summed E-state index contributed by atoms with van der Waals surface area (Å²) in [5, 5.41) is 12.1. The molecule has 1 aliphatic heterocycles. The number of hydrogen-bond donors (Lipinski definition) is 1. The molecular formula is C20H19ClFN5O2S. The predicted molar refractivity (Wildman–Crippen MR) is 113 cm³/mol. The average Bonchev–Trinajstić information content (AvgIpc) is 3.39. The predicted octanol–water partition coefficient (Wildman–Crippen LogP) is 4.04. The van der Waals surface area contributed by atoms with E-state index in [9.17, 15) is 9.18 Å². The molecule has 7 nitrogen and oxygen atoms in total. The quantitative estimate of drug-likeness (QED) is 0.434. The van der Waals surface area contributed by atoms with E-state index in [4.69, 9.17) is 16.3 Å². The molecule has 0 saturated carbocycles. The van der Waals surface area contributed by atoms with Crippen LogP contribution >= 0.6 is 23.4 Å². The number of aromatic nitrogens is 4. The fourth-order valence-corrected chi connectivity index (χ4v) is 4.07. The number of carbonyl (C=O) groups is 1. The molecule has 3 aromatic rings. The number of benzene rings is 1. The van der Waals surface area contributed by atoms with Crippen LogP contribution in [0.25, 0.3) is 11.4 Å². The number of nitrogens with one attached hydrogen (secondary N) is 1. The monoisotopic (exact) mass is 447 g/mol. The van der Waals surface area contributed by atoms with Gasteiger partial charge in [-0.15, -0.1) is 10.2 Å². The molecule has 1 saturated heterocycles. The highest BCUT2D eigenvalue weighted by atomic mass is 35.5. The van der Waals surface area contributed by atoms with E-state index in [2.05, 4.69) is 20.5 Å². The maximum atomic E-state index is 13.3. The van der Waals surface area contributed by atoms with E-state index < -0.39 is 0 Å². The maximum absolute atomic E-state index is 13.3. The van der Waals surface area contributed by atoms with Crippen LogP contribution in [-0.2, 0) is 16.1 Å². The van der Waals surface area contributed by atoms with Crippen molar-refractivity contribution in [2.24, 2.45) is 0 Å². The lowest BCUT2D eigenvalue weighted by atomic mass is 10.2. The zero-order chi connectivity index (χ0) is 20.9. The number of anilines is 1. The number of carbonyl (C=O) groups excluding carboxylic acids is 1. The lowest BCUT2D eigenvalue weighted by Gasteiger charge is -2.14. The first-order valence-corrected chi connectivity index (χ1v) is 10.8. The third kappa shape index (κ3) is 4.97. The minimum atomic E-state index is -0.315. The van der Waals surface area contributed by atoms with Gasteiger partial charge in [0.25, 0.3) is 0 Å². The fourth-order valence-electron chi connectivity index (χ4n) is 3.16. The summed E-state index contributed by atoms with van der Waals surface area (Å²) in [6.07, 6.45) is 3.57. The summed E-state index contributed by atoms with van der Waals surface area (Å²) in [6, 6.07) is 9.48. The van der Waals surface area contributed by atoms with Gasteiger partial charge in [0.15, 0.2) is 16.1 Å². The average molecular weight is 448 g/mol. The van der Waals surface area contributed by atoms with Crippen LogP contribution in [-0.4, -0.2) is 44.1 Å². The Bertz CT molecular complexity index is 1020. The Labute approximate surface area is 182 Å². The molecule has 10 heteroatoms. The third-order valence-corrected chi connectivity index (χ3v) is 5.86. The Morgan fingerprint density at radius 1 is 1.30 bits per heavy atom. The Morgan fingerprint density at radius 3 is 2.87 bits per heavy atom. The van der Waals surface area contributed by atoms with Crippen molar-refractivity contribution in [2.75, 3.05) is 17.7 Å². The first kappa shape index (κ1) is 20.8. The van der Waals surface area contributed by atoms with Crippen molar-refractivity contribution in [2.45, 2.75) is 30.6 Å². The number of pyridine rings is 1. The smallest absolute Gasteiger partial charge is 0.234 e. The van der Waals surface area contributed by atoms with Gasteiger partial charge in [-0.1, -0.05) is 23.4 Å². The molecule has 1 aliphatic rings. The highest BCUT2D eigenvalue weighted by Crippen LogP contribution is 2.27. The van der Waals surface area contributed by atoms with E-state index in [1.54, 1.807) is 30.5 Å². The number of amides is 1. The van der Waals surface area contributed by atoms with Gasteiger partial charge in [0, 0.05) is 18.4 Å². The summed E-state index contributed by atoms with van der Waals surface area (Å²) in [5.74, 6) is 0.191. The Morgan fingerprint density at radius 2 is 2.13 bits per heavy atom. The van der Waals surface area contributed by atoms with E-state index >= 15 is 0 Å². The standard InChI is InChI=1S/C20H19ClFN5O2S/c21-18-16(4-1-9-23-18)24-17(28)12-30-20-26-25-19(13-5-7-14(22)8-6-13)27(20)11-15-3-2-10-29-15/h1,4-9,15H,2-3,10-12H2,(H,24,28). The molecule has 0 aliphatic carbocycles. The third-order valence-electron chi connectivity index (χ3n) is 4.60. The van der Waals surface area contributed by atoms with Crippen LogP contribution in [0.5, 0.6) is 0 Å². The molecule has 1 N–H and O–H groups in total. The van der Waals surface area contributed by atoms with Gasteiger partial charge in [-0.3, -0.25) is 9.36 Å². The summed E-state index contributed by atoms with van der Waals surface area (Å²) < 4.78 is 21.0. The van der Waals surface area contributed by atoms with E-state index in [-0.39, 0.29) is 28.7 Å². The van der Waals surface area contributed by atoms with Crippen LogP contribution in [0.1, 0.15) is 12.8 Å². The van der Waals surface area contributed by atoms with Gasteiger partial charge in [-0.05, 0) is 49.2 Å². The van der Waals surface area contributed by atoms with Gasteiger partial charge in [0.2, 0.25) is 5.91 Å². The molecule has 1 aromatic carbocycles. The lowest BCUT2D eigenvalue weighted by molar-refractivity contribution is -0.113. The highest BCUT2D eigenvalue weighted by Gasteiger charge is 2.22. The number of nitrogens with zero attached hydrogens (tertiary/aromatic N) is 4. The summed E-state index contributed by atoms with van der Waals surface area (Å²) >= 11 is 7.25. The zero-order valence-corrected chi connectivity index (χ0v) is 17.5. The molecule has 156 valence electrons. The van der Waals surface area contributed by atoms with Crippen molar-refractivity contribution in [3.63, 3.8) is 0 Å². The molecule has 1 fully saturated rings. The van der Waals surface area contributed by atoms with Crippen LogP contribution in [0, 0.1) is 5.82 Å². The van der Waals surface area contributed by atoms with Crippen LogP contribution in [0.4, 0.5) is 10.1 Å². The number of rotatable bonds is 7. The number of halogens is 2. The molecule has 0 spiro atoms. The zero-order valence-electron chi connectivity index (χ0n) is 15.9. The number of thioether (sulfide) groups is 1. The summed E-state index contributed by atoms with van der Waals surface area (Å²) in [6.45, 7) is 1.30. The molecule has 2 aromatic heterocycles. The molecular weight excluding hydrogens is 429 g/mol. The summed E-state index contributed by atoms with van der Waals surface area (Å²) in [4.78, 5) is 16.3. The SMILES string of the molecule is O=C(CSc1nnc(-c2ccc(F)cc2)n1CC1CCCO1)Nc1cccnc1Cl. The van der Waals surface area contributed by atoms with Gasteiger partial charge >= 0.3 is 0 Å². The van der Waals surface area contributed by atoms with Crippen molar-refractivity contribution in [3.05, 3.63) is 53.6 Å². The van der Waals surface area contributed by atoms with Crippen molar-refractivity contribution < 1.29 is 13.9 Å². The highest BCUT2D eigenvalue weighted by molar-refractivity contribution is 7.99. The van der Waals surface area contributed by atoms with E-state index in [1.165, 1.54) is 23.9 Å². The van der Waals surface area contributed by atoms with E-state index in [1.807, 2.05) is 4.57 Å². The van der Waals surface area contributed by atoms with E-state index in [0.717, 1.165) is 25.0 Å². The normalized spacial score (nSPS) is 16.0.